The van der Waals surface area contributed by atoms with Crippen LogP contribution in [-0.4, -0.2) is 0 Å². The van der Waals surface area contributed by atoms with Crippen LogP contribution >= 0.6 is 37.2 Å². The zero-order chi connectivity index (χ0) is 18.5. The van der Waals surface area contributed by atoms with Gasteiger partial charge in [0.2, 0.25) is 0 Å². The Morgan fingerprint density at radius 1 is 1.04 bits per heavy atom. The molecule has 138 valence electrons. The average Bonchev–Trinajstić information content (AvgIpc) is 2.48. The highest BCUT2D eigenvalue weighted by Crippen LogP contribution is 2.27. The summed E-state index contributed by atoms with van der Waals surface area (Å²) in [6, 6.07) is 8.74. The molecular formula is C22H36I2. The summed E-state index contributed by atoms with van der Waals surface area (Å²) in [5.41, 5.74) is 4.44. The zero-order valence-corrected chi connectivity index (χ0v) is 20.7. The van der Waals surface area contributed by atoms with E-state index in [4.69, 9.17) is 0 Å². The molecule has 0 spiro atoms. The van der Waals surface area contributed by atoms with Crippen LogP contribution in [0.5, 0.6) is 0 Å². The third-order valence-corrected chi connectivity index (χ3v) is 4.17. The lowest BCUT2D eigenvalue weighted by Gasteiger charge is -2.20. The normalized spacial score (nSPS) is 16.8. The van der Waals surface area contributed by atoms with Crippen molar-refractivity contribution in [1.82, 2.24) is 0 Å². The summed E-state index contributed by atoms with van der Waals surface area (Å²) in [7, 11) is 0. The monoisotopic (exact) mass is 554 g/mol. The second-order valence-corrected chi connectivity index (χ2v) is 7.88. The molecule has 0 bridgehead atoms. The summed E-state index contributed by atoms with van der Waals surface area (Å²) >= 11 is 4.24. The van der Waals surface area contributed by atoms with Crippen molar-refractivity contribution in [3.05, 3.63) is 47.0 Å². The molecule has 1 aromatic rings. The minimum atomic E-state index is 0.761. The molecule has 24 heavy (non-hydrogen) atoms. The summed E-state index contributed by atoms with van der Waals surface area (Å²) in [6.45, 7) is 13.6. The standard InChI is InChI=1S/C11H20.C11H16.I2/c2*1-9(2)7-11-6-4-5-10(3)8-11;1-2/h8-9,11H,4-7H2,1-3H3;4-6,8-9H,7H2,1-3H3;. The molecule has 1 aliphatic carbocycles. The molecule has 2 rings (SSSR count). The summed E-state index contributed by atoms with van der Waals surface area (Å²) in [6.07, 6.45) is 9.26. The maximum Gasteiger partial charge on any atom is 0 e. The van der Waals surface area contributed by atoms with Crippen LogP contribution in [0, 0.1) is 24.7 Å². The fourth-order valence-corrected chi connectivity index (χ4v) is 3.31. The van der Waals surface area contributed by atoms with Crippen molar-refractivity contribution in [2.75, 3.05) is 0 Å². The van der Waals surface area contributed by atoms with Crippen LogP contribution in [0.2, 0.25) is 0 Å². The van der Waals surface area contributed by atoms with Crippen LogP contribution in [-0.2, 0) is 6.42 Å². The smallest absolute Gasteiger partial charge is 0 e. The third-order valence-electron chi connectivity index (χ3n) is 4.17. The van der Waals surface area contributed by atoms with Gasteiger partial charge in [-0.25, -0.2) is 0 Å². The number of hydrogen-bond acceptors (Lipinski definition) is 0. The molecule has 0 N–H and O–H groups in total. The van der Waals surface area contributed by atoms with Gasteiger partial charge in [0.25, 0.3) is 0 Å². The molecule has 0 fully saturated rings. The van der Waals surface area contributed by atoms with E-state index in [1.807, 2.05) is 0 Å². The molecule has 0 nitrogen and oxygen atoms in total. The Bertz CT molecular complexity index is 461. The highest BCUT2D eigenvalue weighted by Gasteiger charge is 2.12. The second-order valence-electron chi connectivity index (χ2n) is 7.88. The Morgan fingerprint density at radius 3 is 2.21 bits per heavy atom. The molecule has 0 radical (unpaired) electrons. The maximum atomic E-state index is 2.49. The molecule has 1 aromatic carbocycles. The molecule has 0 amide bonds. The lowest BCUT2D eigenvalue weighted by Crippen LogP contribution is -2.06. The van der Waals surface area contributed by atoms with Crippen molar-refractivity contribution in [2.45, 2.75) is 73.6 Å². The van der Waals surface area contributed by atoms with E-state index in [1.54, 1.807) is 5.57 Å². The van der Waals surface area contributed by atoms with E-state index in [2.05, 4.69) is 109 Å². The molecule has 1 atom stereocenters. The number of halogens is 2. The maximum absolute atomic E-state index is 2.49. The van der Waals surface area contributed by atoms with Crippen LogP contribution < -0.4 is 0 Å². The van der Waals surface area contributed by atoms with Crippen molar-refractivity contribution in [3.8, 4) is 0 Å². The number of hydrogen-bond donors (Lipinski definition) is 0. The topological polar surface area (TPSA) is 0 Å². The van der Waals surface area contributed by atoms with Crippen molar-refractivity contribution < 1.29 is 0 Å². The van der Waals surface area contributed by atoms with E-state index in [0.717, 1.165) is 17.8 Å². The SMILES string of the molecule is CC1=CC(CC(C)C)CCC1.Cc1cccc(CC(C)C)c1.II. The lowest BCUT2D eigenvalue weighted by atomic mass is 9.86. The first-order valence-corrected chi connectivity index (χ1v) is 15.5. The minimum absolute atomic E-state index is 0.761. The first-order valence-electron chi connectivity index (χ1n) is 9.24. The van der Waals surface area contributed by atoms with Gasteiger partial charge in [-0.2, -0.15) is 0 Å². The van der Waals surface area contributed by atoms with E-state index in [-0.39, 0.29) is 0 Å². The van der Waals surface area contributed by atoms with Crippen LogP contribution in [0.4, 0.5) is 0 Å². The molecule has 0 aromatic heterocycles. The molecule has 1 unspecified atom stereocenters. The van der Waals surface area contributed by atoms with E-state index < -0.39 is 0 Å². The molecular weight excluding hydrogens is 518 g/mol. The number of aryl methyl sites for hydroxylation is 1. The van der Waals surface area contributed by atoms with Gasteiger partial charge in [0.1, 0.15) is 0 Å². The Hall–Kier alpha value is 0.420. The van der Waals surface area contributed by atoms with Crippen LogP contribution in [0.1, 0.15) is 71.4 Å². The van der Waals surface area contributed by atoms with Gasteiger partial charge in [0.05, 0.1) is 0 Å². The second kappa shape index (κ2) is 14.6. The van der Waals surface area contributed by atoms with Crippen molar-refractivity contribution >= 4 is 37.2 Å². The molecule has 1 aliphatic rings. The summed E-state index contributed by atoms with van der Waals surface area (Å²) < 4.78 is 0. The van der Waals surface area contributed by atoms with Crippen LogP contribution in [0.25, 0.3) is 0 Å². The predicted octanol–water partition coefficient (Wildman–Crippen LogP) is 8.74. The lowest BCUT2D eigenvalue weighted by molar-refractivity contribution is 0.425. The van der Waals surface area contributed by atoms with Crippen molar-refractivity contribution in [2.24, 2.45) is 17.8 Å². The fourth-order valence-electron chi connectivity index (χ4n) is 3.31. The Morgan fingerprint density at radius 2 is 1.71 bits per heavy atom. The van der Waals surface area contributed by atoms with Gasteiger partial charge in [-0.05, 0) is 69.3 Å². The van der Waals surface area contributed by atoms with Gasteiger partial charge in [-0.15, -0.1) is 0 Å². The largest absolute Gasteiger partial charge is 0.0825 e. The number of benzene rings is 1. The quantitative estimate of drug-likeness (QED) is 0.258. The highest BCUT2D eigenvalue weighted by atomic mass is 128. The van der Waals surface area contributed by atoms with E-state index in [0.29, 0.717) is 0 Å². The highest BCUT2D eigenvalue weighted by molar-refractivity contribution is 15.0. The van der Waals surface area contributed by atoms with Gasteiger partial charge >= 0.3 is 0 Å². The average molecular weight is 554 g/mol. The summed E-state index contributed by atoms with van der Waals surface area (Å²) in [4.78, 5) is 0. The molecule has 0 aliphatic heterocycles. The van der Waals surface area contributed by atoms with Crippen molar-refractivity contribution in [3.63, 3.8) is 0 Å². The van der Waals surface area contributed by atoms with Crippen LogP contribution in [0.15, 0.2) is 35.9 Å². The Labute approximate surface area is 174 Å². The van der Waals surface area contributed by atoms with Gasteiger partial charge < -0.3 is 0 Å². The summed E-state index contributed by atoms with van der Waals surface area (Å²) in [5, 5.41) is 0. The van der Waals surface area contributed by atoms with Gasteiger partial charge in [0, 0.05) is 37.2 Å². The van der Waals surface area contributed by atoms with E-state index >= 15 is 0 Å². The van der Waals surface area contributed by atoms with Gasteiger partial charge in [0.15, 0.2) is 0 Å². The molecule has 2 heteroatoms. The van der Waals surface area contributed by atoms with Gasteiger partial charge in [-0.3, -0.25) is 0 Å². The minimum Gasteiger partial charge on any atom is -0.0825 e. The Balaban J connectivity index is 0.000000400. The third kappa shape index (κ3) is 12.7. The summed E-state index contributed by atoms with van der Waals surface area (Å²) in [5.74, 6) is 2.52. The number of allylic oxidation sites excluding steroid dienone is 2. The molecule has 0 saturated carbocycles. The molecule has 0 heterocycles. The van der Waals surface area contributed by atoms with Gasteiger partial charge in [-0.1, -0.05) is 69.2 Å². The first-order chi connectivity index (χ1) is 11.4. The Kier molecular flexibility index (Phi) is 14.8. The van der Waals surface area contributed by atoms with Crippen LogP contribution in [0.3, 0.4) is 0 Å². The van der Waals surface area contributed by atoms with Crippen molar-refractivity contribution in [1.29, 1.82) is 0 Å². The van der Waals surface area contributed by atoms with E-state index in [9.17, 15) is 0 Å². The fraction of sp³-hybridized carbons (Fsp3) is 0.636. The zero-order valence-electron chi connectivity index (χ0n) is 16.4. The van der Waals surface area contributed by atoms with E-state index in [1.165, 1.54) is 43.2 Å². The first kappa shape index (κ1) is 24.4. The predicted molar refractivity (Wildman–Crippen MR) is 128 cm³/mol. The molecule has 0 saturated heterocycles. The number of rotatable bonds is 4.